The van der Waals surface area contributed by atoms with E-state index in [9.17, 15) is 4.79 Å². The van der Waals surface area contributed by atoms with Crippen LogP contribution >= 0.6 is 15.9 Å². The molecular formula is C10H12BrNO3. The monoisotopic (exact) mass is 273 g/mol. The van der Waals surface area contributed by atoms with Crippen molar-refractivity contribution in [2.75, 3.05) is 18.9 Å². The number of rotatable bonds is 4. The summed E-state index contributed by atoms with van der Waals surface area (Å²) in [5.41, 5.74) is 6.52. The van der Waals surface area contributed by atoms with E-state index in [1.807, 2.05) is 0 Å². The van der Waals surface area contributed by atoms with Gasteiger partial charge >= 0.3 is 5.97 Å². The maximum absolute atomic E-state index is 11.4. The summed E-state index contributed by atoms with van der Waals surface area (Å²) in [6.07, 6.45) is 0.442. The average Bonchev–Trinajstić information content (AvgIpc) is 2.22. The molecule has 0 heterocycles. The lowest BCUT2D eigenvalue weighted by Crippen LogP contribution is -2.07. The van der Waals surface area contributed by atoms with Crippen LogP contribution in [0.1, 0.15) is 16.8 Å². The summed E-state index contributed by atoms with van der Waals surface area (Å²) in [4.78, 5) is 11.4. The average molecular weight is 274 g/mol. The molecule has 5 heteroatoms. The van der Waals surface area contributed by atoms with Crippen molar-refractivity contribution in [3.63, 3.8) is 0 Å². The van der Waals surface area contributed by atoms with Crippen LogP contribution in [-0.2, 0) is 4.74 Å². The van der Waals surface area contributed by atoms with Crippen LogP contribution < -0.4 is 5.73 Å². The molecule has 3 N–H and O–H groups in total. The topological polar surface area (TPSA) is 72.6 Å². The predicted molar refractivity (Wildman–Crippen MR) is 60.5 cm³/mol. The van der Waals surface area contributed by atoms with Crippen LogP contribution in [0.25, 0.3) is 0 Å². The number of esters is 1. The van der Waals surface area contributed by atoms with Gasteiger partial charge in [0.2, 0.25) is 0 Å². The van der Waals surface area contributed by atoms with Gasteiger partial charge in [0.15, 0.2) is 0 Å². The maximum Gasteiger partial charge on any atom is 0.338 e. The minimum atomic E-state index is -0.428. The van der Waals surface area contributed by atoms with Crippen molar-refractivity contribution in [1.82, 2.24) is 0 Å². The van der Waals surface area contributed by atoms with Crippen LogP contribution in [0.2, 0.25) is 0 Å². The van der Waals surface area contributed by atoms with Gasteiger partial charge in [0.25, 0.3) is 0 Å². The Hall–Kier alpha value is -1.07. The zero-order valence-corrected chi connectivity index (χ0v) is 9.66. The fraction of sp³-hybridized carbons (Fsp3) is 0.300. The minimum Gasteiger partial charge on any atom is -0.462 e. The molecule has 0 aliphatic heterocycles. The van der Waals surface area contributed by atoms with E-state index in [0.717, 1.165) is 4.47 Å². The summed E-state index contributed by atoms with van der Waals surface area (Å²) >= 11 is 3.23. The zero-order chi connectivity index (χ0) is 11.3. The summed E-state index contributed by atoms with van der Waals surface area (Å²) in [7, 11) is 0. The Morgan fingerprint density at radius 2 is 2.27 bits per heavy atom. The third-order valence-electron chi connectivity index (χ3n) is 1.77. The normalized spacial score (nSPS) is 10.0. The molecular weight excluding hydrogens is 262 g/mol. The second-order valence-corrected chi connectivity index (χ2v) is 3.80. The second kappa shape index (κ2) is 5.72. The zero-order valence-electron chi connectivity index (χ0n) is 8.07. The molecule has 0 aromatic heterocycles. The van der Waals surface area contributed by atoms with E-state index in [1.54, 1.807) is 18.2 Å². The molecule has 0 saturated heterocycles. The van der Waals surface area contributed by atoms with Crippen molar-refractivity contribution < 1.29 is 14.6 Å². The van der Waals surface area contributed by atoms with Crippen LogP contribution in [0.5, 0.6) is 0 Å². The molecule has 4 nitrogen and oxygen atoms in total. The molecule has 1 aromatic rings. The molecule has 0 amide bonds. The van der Waals surface area contributed by atoms with Crippen molar-refractivity contribution in [3.8, 4) is 0 Å². The predicted octanol–water partition coefficient (Wildman–Crippen LogP) is 1.57. The first-order chi connectivity index (χ1) is 7.15. The number of hydrogen-bond acceptors (Lipinski definition) is 4. The van der Waals surface area contributed by atoms with Gasteiger partial charge in [-0.15, -0.1) is 0 Å². The van der Waals surface area contributed by atoms with Crippen LogP contribution in [0.15, 0.2) is 22.7 Å². The summed E-state index contributed by atoms with van der Waals surface area (Å²) in [5, 5.41) is 8.51. The van der Waals surface area contributed by atoms with E-state index < -0.39 is 5.97 Å². The second-order valence-electron chi connectivity index (χ2n) is 2.95. The van der Waals surface area contributed by atoms with Gasteiger partial charge in [0.1, 0.15) is 0 Å². The number of nitrogens with two attached hydrogens (primary N) is 1. The van der Waals surface area contributed by atoms with E-state index in [2.05, 4.69) is 15.9 Å². The number of hydrogen-bond donors (Lipinski definition) is 2. The Bertz CT molecular complexity index is 355. The molecule has 0 atom stereocenters. The molecule has 15 heavy (non-hydrogen) atoms. The van der Waals surface area contributed by atoms with Gasteiger partial charge < -0.3 is 15.6 Å². The van der Waals surface area contributed by atoms with Crippen LogP contribution in [0.4, 0.5) is 5.69 Å². The standard InChI is InChI=1S/C10H12BrNO3/c11-8-3-2-7(6-9(8)12)10(14)15-5-1-4-13/h2-3,6,13H,1,4-5,12H2. The molecule has 0 bridgehead atoms. The first kappa shape index (κ1) is 12.0. The number of aliphatic hydroxyl groups excluding tert-OH is 1. The Morgan fingerprint density at radius 1 is 1.53 bits per heavy atom. The van der Waals surface area contributed by atoms with Crippen LogP contribution in [-0.4, -0.2) is 24.3 Å². The van der Waals surface area contributed by atoms with Gasteiger partial charge in [-0.25, -0.2) is 4.79 Å². The Morgan fingerprint density at radius 3 is 2.87 bits per heavy atom. The highest BCUT2D eigenvalue weighted by Crippen LogP contribution is 2.20. The van der Waals surface area contributed by atoms with Crippen LogP contribution in [0, 0.1) is 0 Å². The number of halogens is 1. The molecule has 0 unspecified atom stereocenters. The number of carbonyl (C=O) groups excluding carboxylic acids is 1. The quantitative estimate of drug-likeness (QED) is 0.496. The molecule has 0 fully saturated rings. The number of carbonyl (C=O) groups is 1. The lowest BCUT2D eigenvalue weighted by molar-refractivity contribution is 0.0482. The summed E-state index contributed by atoms with van der Waals surface area (Å²) in [6.45, 7) is 0.223. The molecule has 0 radical (unpaired) electrons. The fourth-order valence-corrected chi connectivity index (χ4v) is 1.23. The van der Waals surface area contributed by atoms with Crippen molar-refractivity contribution in [2.45, 2.75) is 6.42 Å². The summed E-state index contributed by atoms with van der Waals surface area (Å²) in [6, 6.07) is 4.87. The third kappa shape index (κ3) is 3.53. The van der Waals surface area contributed by atoms with Gasteiger partial charge in [-0.1, -0.05) is 0 Å². The first-order valence-electron chi connectivity index (χ1n) is 4.48. The molecule has 0 aliphatic carbocycles. The Balaban J connectivity index is 2.62. The molecule has 1 rings (SSSR count). The number of nitrogen functional groups attached to an aromatic ring is 1. The van der Waals surface area contributed by atoms with Crippen molar-refractivity contribution >= 4 is 27.6 Å². The highest BCUT2D eigenvalue weighted by atomic mass is 79.9. The van der Waals surface area contributed by atoms with Gasteiger partial charge in [-0.3, -0.25) is 0 Å². The smallest absolute Gasteiger partial charge is 0.338 e. The first-order valence-corrected chi connectivity index (χ1v) is 5.27. The lowest BCUT2D eigenvalue weighted by atomic mass is 10.2. The number of ether oxygens (including phenoxy) is 1. The van der Waals surface area contributed by atoms with Crippen molar-refractivity contribution in [3.05, 3.63) is 28.2 Å². The van der Waals surface area contributed by atoms with Crippen molar-refractivity contribution in [1.29, 1.82) is 0 Å². The number of aliphatic hydroxyl groups is 1. The van der Waals surface area contributed by atoms with Crippen molar-refractivity contribution in [2.24, 2.45) is 0 Å². The van der Waals surface area contributed by atoms with E-state index in [-0.39, 0.29) is 13.2 Å². The van der Waals surface area contributed by atoms with Gasteiger partial charge in [0, 0.05) is 23.2 Å². The molecule has 82 valence electrons. The van der Waals surface area contributed by atoms with Crippen LogP contribution in [0.3, 0.4) is 0 Å². The number of benzene rings is 1. The fourth-order valence-electron chi connectivity index (χ4n) is 0.983. The minimum absolute atomic E-state index is 0.00968. The maximum atomic E-state index is 11.4. The van der Waals surface area contributed by atoms with E-state index >= 15 is 0 Å². The van der Waals surface area contributed by atoms with E-state index in [0.29, 0.717) is 17.7 Å². The van der Waals surface area contributed by atoms with Gasteiger partial charge in [-0.05, 0) is 34.1 Å². The highest BCUT2D eigenvalue weighted by Gasteiger charge is 2.08. The van der Waals surface area contributed by atoms with Gasteiger partial charge in [-0.2, -0.15) is 0 Å². The third-order valence-corrected chi connectivity index (χ3v) is 2.49. The number of anilines is 1. The lowest BCUT2D eigenvalue weighted by Gasteiger charge is -2.05. The summed E-state index contributed by atoms with van der Waals surface area (Å²) < 4.78 is 5.64. The molecule has 0 aliphatic rings. The van der Waals surface area contributed by atoms with E-state index in [1.165, 1.54) is 0 Å². The Labute approximate surface area is 96.2 Å². The summed E-state index contributed by atoms with van der Waals surface area (Å²) in [5.74, 6) is -0.428. The highest BCUT2D eigenvalue weighted by molar-refractivity contribution is 9.10. The molecule has 0 spiro atoms. The molecule has 0 saturated carbocycles. The van der Waals surface area contributed by atoms with Gasteiger partial charge in [0.05, 0.1) is 12.2 Å². The molecule has 1 aromatic carbocycles. The van der Waals surface area contributed by atoms with E-state index in [4.69, 9.17) is 15.6 Å². The largest absolute Gasteiger partial charge is 0.462 e. The SMILES string of the molecule is Nc1cc(C(=O)OCCCO)ccc1Br. The Kier molecular flexibility index (Phi) is 4.58.